The first kappa shape index (κ1) is 23.3. The molecule has 0 aliphatic carbocycles. The molecule has 0 bridgehead atoms. The van der Waals surface area contributed by atoms with E-state index in [1.165, 1.54) is 12.1 Å². The molecular formula is C27H22F3NO3. The van der Waals surface area contributed by atoms with E-state index in [-0.39, 0.29) is 17.7 Å². The van der Waals surface area contributed by atoms with Crippen LogP contribution in [0.25, 0.3) is 0 Å². The predicted octanol–water partition coefficient (Wildman–Crippen LogP) is 6.12. The Bertz CT molecular complexity index is 1270. The van der Waals surface area contributed by atoms with Crippen LogP contribution in [-0.4, -0.2) is 16.8 Å². The monoisotopic (exact) mass is 465 g/mol. The van der Waals surface area contributed by atoms with Gasteiger partial charge in [0.15, 0.2) is 11.5 Å². The molecule has 34 heavy (non-hydrogen) atoms. The molecule has 1 amide bonds. The lowest BCUT2D eigenvalue weighted by atomic mass is 9.92. The molecule has 1 aliphatic heterocycles. The van der Waals surface area contributed by atoms with Gasteiger partial charge in [0.1, 0.15) is 0 Å². The summed E-state index contributed by atoms with van der Waals surface area (Å²) < 4.78 is 40.1. The zero-order valence-corrected chi connectivity index (χ0v) is 18.3. The number of hydrogen-bond acceptors (Lipinski definition) is 3. The van der Waals surface area contributed by atoms with Gasteiger partial charge < -0.3 is 5.11 Å². The van der Waals surface area contributed by atoms with Crippen LogP contribution in [-0.2, 0) is 22.2 Å². The number of benzene rings is 3. The molecular weight excluding hydrogens is 443 g/mol. The number of carbonyl (C=O) groups is 2. The quantitative estimate of drug-likeness (QED) is 0.478. The van der Waals surface area contributed by atoms with Crippen molar-refractivity contribution in [2.75, 3.05) is 4.90 Å². The molecule has 3 aromatic rings. The second-order valence-electron chi connectivity index (χ2n) is 8.21. The van der Waals surface area contributed by atoms with E-state index >= 15 is 0 Å². The minimum Gasteiger partial charge on any atom is -0.503 e. The van der Waals surface area contributed by atoms with Gasteiger partial charge in [-0.1, -0.05) is 66.2 Å². The molecule has 4 rings (SSSR count). The molecule has 0 fully saturated rings. The van der Waals surface area contributed by atoms with Gasteiger partial charge in [-0.3, -0.25) is 14.5 Å². The highest BCUT2D eigenvalue weighted by molar-refractivity contribution is 6.16. The molecule has 3 aromatic carbocycles. The summed E-state index contributed by atoms with van der Waals surface area (Å²) >= 11 is 0. The Balaban J connectivity index is 1.76. The third-order valence-corrected chi connectivity index (χ3v) is 5.80. The van der Waals surface area contributed by atoms with Crippen molar-refractivity contribution in [1.29, 1.82) is 0 Å². The number of amides is 1. The fourth-order valence-corrected chi connectivity index (χ4v) is 4.18. The van der Waals surface area contributed by atoms with E-state index < -0.39 is 35.2 Å². The van der Waals surface area contributed by atoms with Crippen molar-refractivity contribution in [3.8, 4) is 0 Å². The molecule has 1 N–H and O–H groups in total. The molecule has 1 aliphatic rings. The Hall–Kier alpha value is -3.87. The third-order valence-electron chi connectivity index (χ3n) is 5.80. The maximum absolute atomic E-state index is 13.4. The van der Waals surface area contributed by atoms with E-state index in [1.54, 1.807) is 18.2 Å². The number of halogens is 3. The molecule has 7 heteroatoms. The van der Waals surface area contributed by atoms with E-state index in [1.807, 2.05) is 43.3 Å². The van der Waals surface area contributed by atoms with Gasteiger partial charge in [-0.2, -0.15) is 13.2 Å². The van der Waals surface area contributed by atoms with Crippen LogP contribution < -0.4 is 4.90 Å². The Morgan fingerprint density at radius 2 is 1.68 bits per heavy atom. The van der Waals surface area contributed by atoms with Gasteiger partial charge in [-0.15, -0.1) is 0 Å². The van der Waals surface area contributed by atoms with Crippen molar-refractivity contribution in [3.63, 3.8) is 0 Å². The summed E-state index contributed by atoms with van der Waals surface area (Å²) in [7, 11) is 0. The highest BCUT2D eigenvalue weighted by Crippen LogP contribution is 2.43. The van der Waals surface area contributed by atoms with Gasteiger partial charge in [0.05, 0.1) is 17.2 Å². The van der Waals surface area contributed by atoms with Crippen LogP contribution in [0.2, 0.25) is 0 Å². The SMILES string of the molecule is Cc1cccc(C2C(C(=O)CCc3ccccc3)=C(O)C(=O)N2c2cccc(C(F)(F)F)c2)c1. The van der Waals surface area contributed by atoms with Crippen molar-refractivity contribution in [3.05, 3.63) is 112 Å². The fourth-order valence-electron chi connectivity index (χ4n) is 4.18. The number of anilines is 1. The van der Waals surface area contributed by atoms with E-state index in [2.05, 4.69) is 0 Å². The standard InChI is InChI=1S/C27H22F3NO3/c1-17-7-5-10-19(15-17)24-23(22(32)14-13-18-8-3-2-4-9-18)25(33)26(34)31(24)21-12-6-11-20(16-21)27(28,29)30/h2-12,15-16,24,33H,13-14H2,1H3. The average molecular weight is 465 g/mol. The molecule has 1 unspecified atom stereocenters. The van der Waals surface area contributed by atoms with Crippen molar-refractivity contribution >= 4 is 17.4 Å². The Labute approximate surface area is 195 Å². The maximum Gasteiger partial charge on any atom is 0.416 e. The largest absolute Gasteiger partial charge is 0.503 e. The van der Waals surface area contributed by atoms with E-state index in [0.29, 0.717) is 12.0 Å². The molecule has 0 saturated carbocycles. The number of aliphatic hydroxyl groups is 1. The zero-order valence-electron chi connectivity index (χ0n) is 18.3. The molecule has 174 valence electrons. The van der Waals surface area contributed by atoms with Gasteiger partial charge in [-0.05, 0) is 42.7 Å². The summed E-state index contributed by atoms with van der Waals surface area (Å²) in [5.74, 6) is -2.08. The average Bonchev–Trinajstić information content (AvgIpc) is 3.08. The highest BCUT2D eigenvalue weighted by Gasteiger charge is 2.44. The first-order valence-electron chi connectivity index (χ1n) is 10.7. The van der Waals surface area contributed by atoms with Crippen LogP contribution in [0.1, 0.15) is 34.7 Å². The smallest absolute Gasteiger partial charge is 0.416 e. The lowest BCUT2D eigenvalue weighted by molar-refractivity contribution is -0.137. The van der Waals surface area contributed by atoms with Gasteiger partial charge in [0.2, 0.25) is 0 Å². The number of alkyl halides is 3. The number of rotatable bonds is 6. The summed E-state index contributed by atoms with van der Waals surface area (Å²) in [6, 6.07) is 19.6. The second-order valence-corrected chi connectivity index (χ2v) is 8.21. The summed E-state index contributed by atoms with van der Waals surface area (Å²) in [5, 5.41) is 10.7. The van der Waals surface area contributed by atoms with Crippen LogP contribution in [0.3, 0.4) is 0 Å². The van der Waals surface area contributed by atoms with Crippen molar-refractivity contribution < 1.29 is 27.9 Å². The van der Waals surface area contributed by atoms with Crippen LogP contribution in [0.5, 0.6) is 0 Å². The number of nitrogens with zero attached hydrogens (tertiary/aromatic N) is 1. The normalized spacial score (nSPS) is 16.3. The third kappa shape index (κ3) is 4.59. The number of ketones is 1. The summed E-state index contributed by atoms with van der Waals surface area (Å²) in [5.41, 5.74) is 1.20. The predicted molar refractivity (Wildman–Crippen MR) is 122 cm³/mol. The van der Waals surface area contributed by atoms with Gasteiger partial charge in [0.25, 0.3) is 5.91 Å². The van der Waals surface area contributed by atoms with Crippen LogP contribution >= 0.6 is 0 Å². The van der Waals surface area contributed by atoms with Crippen molar-refractivity contribution in [2.24, 2.45) is 0 Å². The topological polar surface area (TPSA) is 57.6 Å². The Kier molecular flexibility index (Phi) is 6.28. The highest BCUT2D eigenvalue weighted by atomic mass is 19.4. The number of aliphatic hydroxyl groups excluding tert-OH is 1. The number of hydrogen-bond donors (Lipinski definition) is 1. The minimum atomic E-state index is -4.61. The van der Waals surface area contributed by atoms with Crippen molar-refractivity contribution in [1.82, 2.24) is 0 Å². The molecule has 0 aromatic heterocycles. The van der Waals surface area contributed by atoms with Crippen molar-refractivity contribution in [2.45, 2.75) is 32.0 Å². The number of aryl methyl sites for hydroxylation is 2. The molecule has 0 spiro atoms. The maximum atomic E-state index is 13.4. The molecule has 1 atom stereocenters. The lowest BCUT2D eigenvalue weighted by Gasteiger charge is -2.27. The molecule has 4 nitrogen and oxygen atoms in total. The van der Waals surface area contributed by atoms with Gasteiger partial charge >= 0.3 is 6.18 Å². The lowest BCUT2D eigenvalue weighted by Crippen LogP contribution is -2.31. The summed E-state index contributed by atoms with van der Waals surface area (Å²) in [6.07, 6.45) is -4.18. The Morgan fingerprint density at radius 3 is 2.35 bits per heavy atom. The van der Waals surface area contributed by atoms with Crippen LogP contribution in [0, 0.1) is 6.92 Å². The summed E-state index contributed by atoms with van der Waals surface area (Å²) in [4.78, 5) is 27.4. The molecule has 0 saturated heterocycles. The fraction of sp³-hybridized carbons (Fsp3) is 0.185. The molecule has 0 radical (unpaired) electrons. The van der Waals surface area contributed by atoms with Crippen LogP contribution in [0.4, 0.5) is 18.9 Å². The van der Waals surface area contributed by atoms with Gasteiger partial charge in [-0.25, -0.2) is 0 Å². The second kappa shape index (κ2) is 9.17. The van der Waals surface area contributed by atoms with Gasteiger partial charge in [0, 0.05) is 12.1 Å². The van der Waals surface area contributed by atoms with E-state index in [4.69, 9.17) is 0 Å². The van der Waals surface area contributed by atoms with E-state index in [9.17, 15) is 27.9 Å². The number of carbonyl (C=O) groups excluding carboxylic acids is 2. The zero-order chi connectivity index (χ0) is 24.5. The summed E-state index contributed by atoms with van der Waals surface area (Å²) in [6.45, 7) is 1.83. The van der Waals surface area contributed by atoms with E-state index in [0.717, 1.165) is 28.2 Å². The van der Waals surface area contributed by atoms with Crippen LogP contribution in [0.15, 0.2) is 90.2 Å². The minimum absolute atomic E-state index is 0.0371. The first-order chi connectivity index (χ1) is 16.2. The molecule has 1 heterocycles. The first-order valence-corrected chi connectivity index (χ1v) is 10.7. The Morgan fingerprint density at radius 1 is 0.971 bits per heavy atom. The number of Topliss-reactive ketones (excluding diaryl/α,β-unsaturated/α-hetero) is 1.